The van der Waals surface area contributed by atoms with Gasteiger partial charge in [-0.25, -0.2) is 4.79 Å². The Labute approximate surface area is 121 Å². The van der Waals surface area contributed by atoms with Gasteiger partial charge in [-0.05, 0) is 32.0 Å². The molecule has 0 aliphatic heterocycles. The molecule has 0 radical (unpaired) electrons. The van der Waals surface area contributed by atoms with Crippen molar-refractivity contribution in [3.8, 4) is 0 Å². The fourth-order valence-corrected chi connectivity index (χ4v) is 1.63. The van der Waals surface area contributed by atoms with Crippen LogP contribution in [0.3, 0.4) is 0 Å². The van der Waals surface area contributed by atoms with Crippen LogP contribution in [0.15, 0.2) is 18.2 Å². The second-order valence-corrected chi connectivity index (χ2v) is 4.66. The minimum atomic E-state index is -0.622. The quantitative estimate of drug-likeness (QED) is 0.800. The van der Waals surface area contributed by atoms with Gasteiger partial charge in [0.2, 0.25) is 5.91 Å². The van der Waals surface area contributed by atoms with E-state index in [0.717, 1.165) is 0 Å². The summed E-state index contributed by atoms with van der Waals surface area (Å²) >= 11 is 11.6. The zero-order valence-electron chi connectivity index (χ0n) is 10.6. The molecule has 7 heteroatoms. The SMILES string of the molecule is CCNC(=O)[C@@H](C)NC(=O)Nc1ccc(Cl)c(Cl)c1. The second-order valence-electron chi connectivity index (χ2n) is 3.84. The lowest BCUT2D eigenvalue weighted by atomic mass is 10.3. The van der Waals surface area contributed by atoms with Crippen LogP contribution in [0.4, 0.5) is 10.5 Å². The molecule has 0 heterocycles. The van der Waals surface area contributed by atoms with Crippen LogP contribution < -0.4 is 16.0 Å². The molecule has 0 aliphatic carbocycles. The number of halogens is 2. The summed E-state index contributed by atoms with van der Waals surface area (Å²) < 4.78 is 0. The molecule has 1 atom stereocenters. The number of carbonyl (C=O) groups is 2. The Bertz CT molecular complexity index is 480. The van der Waals surface area contributed by atoms with Gasteiger partial charge in [-0.1, -0.05) is 23.2 Å². The van der Waals surface area contributed by atoms with Gasteiger partial charge >= 0.3 is 6.03 Å². The van der Waals surface area contributed by atoms with Crippen molar-refractivity contribution in [2.45, 2.75) is 19.9 Å². The van der Waals surface area contributed by atoms with E-state index in [9.17, 15) is 9.59 Å². The monoisotopic (exact) mass is 303 g/mol. The van der Waals surface area contributed by atoms with Crippen molar-refractivity contribution >= 4 is 40.8 Å². The van der Waals surface area contributed by atoms with E-state index in [-0.39, 0.29) is 5.91 Å². The highest BCUT2D eigenvalue weighted by atomic mass is 35.5. The van der Waals surface area contributed by atoms with E-state index >= 15 is 0 Å². The summed E-state index contributed by atoms with van der Waals surface area (Å²) in [5, 5.41) is 8.43. The van der Waals surface area contributed by atoms with E-state index in [1.165, 1.54) is 6.07 Å². The first-order valence-electron chi connectivity index (χ1n) is 5.74. The van der Waals surface area contributed by atoms with Gasteiger partial charge in [-0.3, -0.25) is 4.79 Å². The number of amides is 3. The number of hydrogen-bond donors (Lipinski definition) is 3. The third-order valence-corrected chi connectivity index (χ3v) is 3.01. The summed E-state index contributed by atoms with van der Waals surface area (Å²) in [6, 6.07) is 3.61. The van der Waals surface area contributed by atoms with Crippen LogP contribution in [0.5, 0.6) is 0 Å². The van der Waals surface area contributed by atoms with Crippen molar-refractivity contribution in [1.82, 2.24) is 10.6 Å². The van der Waals surface area contributed by atoms with Gasteiger partial charge in [0.25, 0.3) is 0 Å². The van der Waals surface area contributed by atoms with Gasteiger partial charge in [0, 0.05) is 12.2 Å². The van der Waals surface area contributed by atoms with Crippen LogP contribution in [0, 0.1) is 0 Å². The zero-order chi connectivity index (χ0) is 14.4. The van der Waals surface area contributed by atoms with Crippen LogP contribution in [0.2, 0.25) is 10.0 Å². The smallest absolute Gasteiger partial charge is 0.319 e. The molecule has 5 nitrogen and oxygen atoms in total. The predicted octanol–water partition coefficient (Wildman–Crippen LogP) is 2.64. The van der Waals surface area contributed by atoms with Crippen LogP contribution in [0.1, 0.15) is 13.8 Å². The molecule has 1 aromatic carbocycles. The number of hydrogen-bond acceptors (Lipinski definition) is 2. The number of rotatable bonds is 4. The summed E-state index contributed by atoms with van der Waals surface area (Å²) in [6.45, 7) is 3.92. The maximum absolute atomic E-state index is 11.6. The molecule has 0 aromatic heterocycles. The summed E-state index contributed by atoms with van der Waals surface area (Å²) in [6.07, 6.45) is 0. The van der Waals surface area contributed by atoms with Gasteiger partial charge in [0.15, 0.2) is 0 Å². The lowest BCUT2D eigenvalue weighted by molar-refractivity contribution is -0.122. The molecular weight excluding hydrogens is 289 g/mol. The molecule has 1 aromatic rings. The van der Waals surface area contributed by atoms with Crippen LogP contribution in [-0.2, 0) is 4.79 Å². The number of nitrogens with one attached hydrogen (secondary N) is 3. The van der Waals surface area contributed by atoms with Crippen molar-refractivity contribution in [3.05, 3.63) is 28.2 Å². The third-order valence-electron chi connectivity index (χ3n) is 2.27. The average Bonchev–Trinajstić information content (AvgIpc) is 2.34. The molecule has 0 fully saturated rings. The summed E-state index contributed by atoms with van der Waals surface area (Å²) in [5.74, 6) is -0.244. The van der Waals surface area contributed by atoms with Gasteiger partial charge in [-0.15, -0.1) is 0 Å². The largest absolute Gasteiger partial charge is 0.355 e. The lowest BCUT2D eigenvalue weighted by Gasteiger charge is -2.14. The molecule has 0 unspecified atom stereocenters. The Balaban J connectivity index is 2.55. The Morgan fingerprint density at radius 1 is 1.26 bits per heavy atom. The molecule has 3 amide bonds. The number of likely N-dealkylation sites (N-methyl/N-ethyl adjacent to an activating group) is 1. The minimum absolute atomic E-state index is 0.244. The number of urea groups is 1. The molecular formula is C12H15Cl2N3O2. The van der Waals surface area contributed by atoms with Gasteiger partial charge in [-0.2, -0.15) is 0 Å². The van der Waals surface area contributed by atoms with E-state index in [1.807, 2.05) is 0 Å². The lowest BCUT2D eigenvalue weighted by Crippen LogP contribution is -2.46. The summed E-state index contributed by atoms with van der Waals surface area (Å²) in [5.41, 5.74) is 0.495. The van der Waals surface area contributed by atoms with Crippen molar-refractivity contribution < 1.29 is 9.59 Å². The highest BCUT2D eigenvalue weighted by molar-refractivity contribution is 6.42. The molecule has 1 rings (SSSR count). The maximum atomic E-state index is 11.6. The summed E-state index contributed by atoms with van der Waals surface area (Å²) in [4.78, 5) is 23.1. The standard InChI is InChI=1S/C12H15Cl2N3O2/c1-3-15-11(18)7(2)16-12(19)17-8-4-5-9(13)10(14)6-8/h4-7H,3H2,1-2H3,(H,15,18)(H2,16,17,19)/t7-/m1/s1. The minimum Gasteiger partial charge on any atom is -0.355 e. The average molecular weight is 304 g/mol. The van der Waals surface area contributed by atoms with Crippen molar-refractivity contribution in [1.29, 1.82) is 0 Å². The molecule has 0 spiro atoms. The fraction of sp³-hybridized carbons (Fsp3) is 0.333. The van der Waals surface area contributed by atoms with E-state index in [0.29, 0.717) is 22.3 Å². The molecule has 3 N–H and O–H groups in total. The topological polar surface area (TPSA) is 70.2 Å². The highest BCUT2D eigenvalue weighted by Gasteiger charge is 2.14. The zero-order valence-corrected chi connectivity index (χ0v) is 12.1. The summed E-state index contributed by atoms with van der Waals surface area (Å²) in [7, 11) is 0. The van der Waals surface area contributed by atoms with Gasteiger partial charge in [0.05, 0.1) is 10.0 Å². The Hall–Kier alpha value is -1.46. The van der Waals surface area contributed by atoms with Gasteiger partial charge < -0.3 is 16.0 Å². The normalized spacial score (nSPS) is 11.6. The Kier molecular flexibility index (Phi) is 5.92. The maximum Gasteiger partial charge on any atom is 0.319 e. The van der Waals surface area contributed by atoms with E-state index in [2.05, 4.69) is 16.0 Å². The number of carbonyl (C=O) groups excluding carboxylic acids is 2. The molecule has 0 aliphatic rings. The molecule has 19 heavy (non-hydrogen) atoms. The highest BCUT2D eigenvalue weighted by Crippen LogP contribution is 2.24. The first-order chi connectivity index (χ1) is 8.93. The van der Waals surface area contributed by atoms with E-state index < -0.39 is 12.1 Å². The van der Waals surface area contributed by atoms with Gasteiger partial charge in [0.1, 0.15) is 6.04 Å². The third kappa shape index (κ3) is 4.96. The van der Waals surface area contributed by atoms with Crippen LogP contribution >= 0.6 is 23.2 Å². The Morgan fingerprint density at radius 2 is 1.95 bits per heavy atom. The number of anilines is 1. The van der Waals surface area contributed by atoms with Crippen LogP contribution in [0.25, 0.3) is 0 Å². The molecule has 0 bridgehead atoms. The fourth-order valence-electron chi connectivity index (χ4n) is 1.33. The molecule has 0 saturated heterocycles. The van der Waals surface area contributed by atoms with Crippen molar-refractivity contribution in [2.24, 2.45) is 0 Å². The molecule has 104 valence electrons. The molecule has 0 saturated carbocycles. The first-order valence-corrected chi connectivity index (χ1v) is 6.50. The predicted molar refractivity (Wildman–Crippen MR) is 76.8 cm³/mol. The number of benzene rings is 1. The van der Waals surface area contributed by atoms with E-state index in [1.54, 1.807) is 26.0 Å². The van der Waals surface area contributed by atoms with E-state index in [4.69, 9.17) is 23.2 Å². The van der Waals surface area contributed by atoms with Crippen LogP contribution in [-0.4, -0.2) is 24.5 Å². The van der Waals surface area contributed by atoms with Crippen molar-refractivity contribution in [3.63, 3.8) is 0 Å². The Morgan fingerprint density at radius 3 is 2.53 bits per heavy atom. The first kappa shape index (κ1) is 15.6. The second kappa shape index (κ2) is 7.21. The van der Waals surface area contributed by atoms with Crippen molar-refractivity contribution in [2.75, 3.05) is 11.9 Å².